The molecule has 152 valence electrons. The molecule has 0 saturated heterocycles. The third-order valence-corrected chi connectivity index (χ3v) is 3.57. The predicted molar refractivity (Wildman–Crippen MR) is 99.3 cm³/mol. The molecular formula is C17H20F4N6O. The number of aliphatic hydroxyl groups excluding tert-OH is 1. The van der Waals surface area contributed by atoms with Gasteiger partial charge >= 0.3 is 6.18 Å². The molecule has 11 heteroatoms. The summed E-state index contributed by atoms with van der Waals surface area (Å²) in [4.78, 5) is 7.52. The lowest BCUT2D eigenvalue weighted by Gasteiger charge is -2.16. The van der Waals surface area contributed by atoms with E-state index in [0.717, 1.165) is 6.21 Å². The number of hydrogen-bond donors (Lipinski definition) is 5. The number of rotatable bonds is 9. The first-order valence-electron chi connectivity index (χ1n) is 8.33. The second kappa shape index (κ2) is 9.31. The summed E-state index contributed by atoms with van der Waals surface area (Å²) in [6.45, 7) is 0.932. The number of nitrogens with one attached hydrogen (secondary N) is 4. The van der Waals surface area contributed by atoms with Crippen LogP contribution >= 0.6 is 0 Å². The van der Waals surface area contributed by atoms with E-state index < -0.39 is 23.7 Å². The molecule has 0 saturated carbocycles. The molecule has 1 heterocycles. The van der Waals surface area contributed by atoms with Gasteiger partial charge in [0.15, 0.2) is 0 Å². The highest BCUT2D eigenvalue weighted by molar-refractivity contribution is 5.94. The van der Waals surface area contributed by atoms with E-state index in [1.54, 1.807) is 18.2 Å². The van der Waals surface area contributed by atoms with Gasteiger partial charge in [0.05, 0.1) is 12.3 Å². The molecule has 1 unspecified atom stereocenters. The number of alkyl halides is 4. The van der Waals surface area contributed by atoms with Gasteiger partial charge in [-0.25, -0.2) is 9.37 Å². The number of nitrogens with zero attached hydrogens (tertiary/aromatic N) is 2. The van der Waals surface area contributed by atoms with Crippen LogP contribution in [0.3, 0.4) is 0 Å². The molecule has 1 aromatic heterocycles. The zero-order valence-corrected chi connectivity index (χ0v) is 14.9. The average molecular weight is 400 g/mol. The second-order valence-corrected chi connectivity index (χ2v) is 5.80. The number of aromatic nitrogens is 2. The van der Waals surface area contributed by atoms with E-state index in [0.29, 0.717) is 23.1 Å². The van der Waals surface area contributed by atoms with Gasteiger partial charge in [0.2, 0.25) is 5.95 Å². The van der Waals surface area contributed by atoms with E-state index in [2.05, 4.69) is 25.9 Å². The van der Waals surface area contributed by atoms with Crippen molar-refractivity contribution in [2.75, 3.05) is 35.6 Å². The summed E-state index contributed by atoms with van der Waals surface area (Å²) < 4.78 is 52.3. The molecule has 5 N–H and O–H groups in total. The fourth-order valence-electron chi connectivity index (χ4n) is 2.31. The molecule has 0 aliphatic rings. The molecule has 7 nitrogen and oxygen atoms in total. The van der Waals surface area contributed by atoms with Crippen LogP contribution in [-0.4, -0.2) is 47.2 Å². The van der Waals surface area contributed by atoms with Crippen LogP contribution in [-0.2, 0) is 6.18 Å². The van der Waals surface area contributed by atoms with Crippen molar-refractivity contribution < 1.29 is 22.7 Å². The van der Waals surface area contributed by atoms with Crippen LogP contribution in [0.2, 0.25) is 0 Å². The molecular weight excluding hydrogens is 380 g/mol. The second-order valence-electron chi connectivity index (χ2n) is 5.80. The maximum atomic E-state index is 13.1. The van der Waals surface area contributed by atoms with E-state index >= 15 is 0 Å². The SMILES string of the molecule is CC(F)CNc1cccc(Nc2ncc(C(F)(F)F)c(NCCO)n2)c1C=N. The standard InChI is InChI=1S/C17H20F4N6O/c1-10(18)8-24-13-3-2-4-14(11(13)7-22)26-16-25-9-12(17(19,20)21)15(27-16)23-5-6-28/h2-4,7,9-10,22,24,28H,5-6,8H2,1H3,(H2,23,25,26,27). The first-order valence-corrected chi connectivity index (χ1v) is 8.33. The normalized spacial score (nSPS) is 12.4. The quantitative estimate of drug-likeness (QED) is 0.326. The monoisotopic (exact) mass is 400 g/mol. The summed E-state index contributed by atoms with van der Waals surface area (Å²) in [6, 6.07) is 4.87. The van der Waals surface area contributed by atoms with Gasteiger partial charge in [-0.1, -0.05) is 6.07 Å². The molecule has 0 radical (unpaired) electrons. The van der Waals surface area contributed by atoms with Gasteiger partial charge in [-0.2, -0.15) is 18.2 Å². The largest absolute Gasteiger partial charge is 0.421 e. The van der Waals surface area contributed by atoms with Crippen LogP contribution in [0, 0.1) is 5.41 Å². The minimum absolute atomic E-state index is 0.0380. The Balaban J connectivity index is 2.34. The van der Waals surface area contributed by atoms with Crippen molar-refractivity contribution >= 4 is 29.4 Å². The van der Waals surface area contributed by atoms with E-state index in [4.69, 9.17) is 10.5 Å². The van der Waals surface area contributed by atoms with Gasteiger partial charge in [0.25, 0.3) is 0 Å². The summed E-state index contributed by atoms with van der Waals surface area (Å²) in [5.41, 5.74) is 0.150. The maximum Gasteiger partial charge on any atom is 0.421 e. The van der Waals surface area contributed by atoms with Crippen molar-refractivity contribution in [2.45, 2.75) is 19.3 Å². The van der Waals surface area contributed by atoms with Crippen molar-refractivity contribution in [3.8, 4) is 0 Å². The minimum Gasteiger partial charge on any atom is -0.395 e. The molecule has 28 heavy (non-hydrogen) atoms. The summed E-state index contributed by atoms with van der Waals surface area (Å²) in [7, 11) is 0. The van der Waals surface area contributed by atoms with Crippen molar-refractivity contribution in [3.05, 3.63) is 35.5 Å². The molecule has 0 amide bonds. The van der Waals surface area contributed by atoms with Crippen molar-refractivity contribution in [1.29, 1.82) is 5.41 Å². The highest BCUT2D eigenvalue weighted by Gasteiger charge is 2.35. The van der Waals surface area contributed by atoms with Gasteiger partial charge in [-0.15, -0.1) is 0 Å². The molecule has 2 aromatic rings. The number of hydrogen-bond acceptors (Lipinski definition) is 7. The van der Waals surface area contributed by atoms with E-state index in [-0.39, 0.29) is 25.6 Å². The Bertz CT molecular complexity index is 813. The van der Waals surface area contributed by atoms with Gasteiger partial charge in [-0.3, -0.25) is 0 Å². The lowest BCUT2D eigenvalue weighted by Crippen LogP contribution is -2.16. The molecule has 1 aromatic carbocycles. The Morgan fingerprint density at radius 1 is 1.25 bits per heavy atom. The zero-order chi connectivity index (χ0) is 20.7. The molecule has 0 fully saturated rings. The Hall–Kier alpha value is -2.95. The Kier molecular flexibility index (Phi) is 7.10. The van der Waals surface area contributed by atoms with Gasteiger partial charge < -0.3 is 26.5 Å². The van der Waals surface area contributed by atoms with E-state index in [1.165, 1.54) is 6.92 Å². The number of benzene rings is 1. The third-order valence-electron chi connectivity index (χ3n) is 3.57. The summed E-state index contributed by atoms with van der Waals surface area (Å²) in [5.74, 6) is -0.608. The summed E-state index contributed by atoms with van der Waals surface area (Å²) >= 11 is 0. The lowest BCUT2D eigenvalue weighted by atomic mass is 10.1. The Labute approximate surface area is 158 Å². The van der Waals surface area contributed by atoms with Crippen molar-refractivity contribution in [2.24, 2.45) is 0 Å². The highest BCUT2D eigenvalue weighted by atomic mass is 19.4. The zero-order valence-electron chi connectivity index (χ0n) is 14.9. The number of anilines is 4. The Morgan fingerprint density at radius 2 is 1.96 bits per heavy atom. The number of halogens is 4. The molecule has 0 spiro atoms. The topological polar surface area (TPSA) is 106 Å². The van der Waals surface area contributed by atoms with Crippen molar-refractivity contribution in [1.82, 2.24) is 9.97 Å². The van der Waals surface area contributed by atoms with E-state index in [1.807, 2.05) is 0 Å². The van der Waals surface area contributed by atoms with Crippen LogP contribution in [0.15, 0.2) is 24.4 Å². The maximum absolute atomic E-state index is 13.1. The molecule has 0 bridgehead atoms. The lowest BCUT2D eigenvalue weighted by molar-refractivity contribution is -0.137. The van der Waals surface area contributed by atoms with Crippen LogP contribution in [0.1, 0.15) is 18.1 Å². The highest BCUT2D eigenvalue weighted by Crippen LogP contribution is 2.34. The molecule has 0 aliphatic heterocycles. The van der Waals surface area contributed by atoms with Crippen LogP contribution in [0.4, 0.5) is 40.7 Å². The van der Waals surface area contributed by atoms with Crippen molar-refractivity contribution in [3.63, 3.8) is 0 Å². The van der Waals surface area contributed by atoms with Gasteiger partial charge in [0, 0.05) is 36.8 Å². The first kappa shape index (κ1) is 21.4. The van der Waals surface area contributed by atoms with Crippen LogP contribution in [0.25, 0.3) is 0 Å². The Morgan fingerprint density at radius 3 is 2.57 bits per heavy atom. The molecule has 0 aliphatic carbocycles. The van der Waals surface area contributed by atoms with Gasteiger partial charge in [-0.05, 0) is 19.1 Å². The third kappa shape index (κ3) is 5.52. The predicted octanol–water partition coefficient (Wildman–Crippen LogP) is 3.41. The van der Waals surface area contributed by atoms with Crippen LogP contribution in [0.5, 0.6) is 0 Å². The fraction of sp³-hybridized carbons (Fsp3) is 0.353. The fourth-order valence-corrected chi connectivity index (χ4v) is 2.31. The van der Waals surface area contributed by atoms with Gasteiger partial charge in [0.1, 0.15) is 17.6 Å². The smallest absolute Gasteiger partial charge is 0.395 e. The minimum atomic E-state index is -4.66. The first-order chi connectivity index (χ1) is 13.3. The average Bonchev–Trinajstić information content (AvgIpc) is 2.64. The summed E-state index contributed by atoms with van der Waals surface area (Å²) in [5, 5.41) is 24.5. The van der Waals surface area contributed by atoms with Crippen LogP contribution < -0.4 is 16.0 Å². The van der Waals surface area contributed by atoms with E-state index in [9.17, 15) is 17.6 Å². The number of aliphatic hydroxyl groups is 1. The molecule has 1 atom stereocenters. The molecule has 2 rings (SSSR count). The summed E-state index contributed by atoms with van der Waals surface area (Å²) in [6.07, 6.45) is -4.11.